The molecule has 0 amide bonds. The van der Waals surface area contributed by atoms with E-state index in [0.29, 0.717) is 22.7 Å². The van der Waals surface area contributed by atoms with Gasteiger partial charge in [-0.1, -0.05) is 58.4 Å². The van der Waals surface area contributed by atoms with Crippen LogP contribution < -0.4 is 0 Å². The molecule has 8 atom stereocenters. The second-order valence-corrected chi connectivity index (χ2v) is 11.8. The fourth-order valence-corrected chi connectivity index (χ4v) is 8.09. The zero-order valence-corrected chi connectivity index (χ0v) is 19.1. The first-order valence-electron chi connectivity index (χ1n) is 12.3. The van der Waals surface area contributed by atoms with Crippen LogP contribution in [-0.4, -0.2) is 11.2 Å². The average Bonchev–Trinajstić information content (AvgIpc) is 2.99. The average molecular weight is 385 g/mol. The molecule has 1 nitrogen and oxygen atoms in total. The van der Waals surface area contributed by atoms with Crippen molar-refractivity contribution in [3.8, 4) is 0 Å². The molecule has 0 aromatic heterocycles. The van der Waals surface area contributed by atoms with Crippen LogP contribution in [0.5, 0.6) is 0 Å². The SMILES string of the molecule is CC(C)C/C=C/[C@@H](C)[C@H]1CC[C@H]2C3=CC[C@H]4C[C@@H](O)CC[C@]4(C)[C@H]3CC[C@]12C. The predicted octanol–water partition coefficient (Wildman–Crippen LogP) is 7.16. The number of hydrogen-bond acceptors (Lipinski definition) is 1. The van der Waals surface area contributed by atoms with E-state index >= 15 is 0 Å². The summed E-state index contributed by atoms with van der Waals surface area (Å²) >= 11 is 0. The van der Waals surface area contributed by atoms with E-state index in [-0.39, 0.29) is 6.10 Å². The van der Waals surface area contributed by atoms with Gasteiger partial charge in [0, 0.05) is 0 Å². The third-order valence-electron chi connectivity index (χ3n) is 9.81. The van der Waals surface area contributed by atoms with E-state index in [4.69, 9.17) is 0 Å². The highest BCUT2D eigenvalue weighted by Gasteiger charge is 2.57. The van der Waals surface area contributed by atoms with E-state index in [1.165, 1.54) is 44.9 Å². The van der Waals surface area contributed by atoms with Gasteiger partial charge in [0.05, 0.1) is 6.10 Å². The minimum absolute atomic E-state index is 0.0452. The van der Waals surface area contributed by atoms with E-state index in [1.807, 2.05) is 5.57 Å². The Labute approximate surface area is 174 Å². The monoisotopic (exact) mass is 384 g/mol. The first-order chi connectivity index (χ1) is 13.3. The third kappa shape index (κ3) is 3.34. The second-order valence-electron chi connectivity index (χ2n) is 11.8. The molecule has 1 N–H and O–H groups in total. The van der Waals surface area contributed by atoms with Crippen molar-refractivity contribution >= 4 is 0 Å². The van der Waals surface area contributed by atoms with Crippen LogP contribution in [0.15, 0.2) is 23.8 Å². The quantitative estimate of drug-likeness (QED) is 0.510. The maximum atomic E-state index is 10.2. The number of hydrogen-bond donors (Lipinski definition) is 1. The molecular weight excluding hydrogens is 340 g/mol. The summed E-state index contributed by atoms with van der Waals surface area (Å²) in [5.74, 6) is 4.65. The summed E-state index contributed by atoms with van der Waals surface area (Å²) in [7, 11) is 0. The lowest BCUT2D eigenvalue weighted by Crippen LogP contribution is -2.49. The number of aliphatic hydroxyl groups excluding tert-OH is 1. The Hall–Kier alpha value is -0.560. The van der Waals surface area contributed by atoms with Crippen molar-refractivity contribution in [3.05, 3.63) is 23.8 Å². The maximum absolute atomic E-state index is 10.2. The van der Waals surface area contributed by atoms with Crippen LogP contribution in [0.25, 0.3) is 0 Å². The van der Waals surface area contributed by atoms with Crippen molar-refractivity contribution < 1.29 is 5.11 Å². The first kappa shape index (κ1) is 20.7. The standard InChI is InChI=1S/C27H44O/c1-18(2)7-6-8-19(3)23-11-12-24-22-10-9-20-17-21(28)13-15-26(20,4)25(22)14-16-27(23,24)5/h6,8,10,18-21,23-25,28H,7,9,11-17H2,1-5H3/b8-6+/t19-,20+,21+,23-,24+,25+,26+,27-/m1/s1. The third-order valence-corrected chi connectivity index (χ3v) is 9.81. The zero-order chi connectivity index (χ0) is 20.1. The predicted molar refractivity (Wildman–Crippen MR) is 119 cm³/mol. The van der Waals surface area contributed by atoms with Gasteiger partial charge in [0.1, 0.15) is 0 Å². The molecule has 4 aliphatic carbocycles. The molecule has 0 aromatic carbocycles. The van der Waals surface area contributed by atoms with E-state index in [2.05, 4.69) is 52.8 Å². The van der Waals surface area contributed by atoms with Gasteiger partial charge in [-0.05, 0) is 104 Å². The van der Waals surface area contributed by atoms with Crippen molar-refractivity contribution in [1.29, 1.82) is 0 Å². The minimum atomic E-state index is -0.0452. The summed E-state index contributed by atoms with van der Waals surface area (Å²) in [6, 6.07) is 0. The van der Waals surface area contributed by atoms with E-state index in [9.17, 15) is 5.11 Å². The van der Waals surface area contributed by atoms with Crippen LogP contribution in [0.3, 0.4) is 0 Å². The summed E-state index contributed by atoms with van der Waals surface area (Å²) in [4.78, 5) is 0. The van der Waals surface area contributed by atoms with Crippen molar-refractivity contribution in [1.82, 2.24) is 0 Å². The number of allylic oxidation sites excluding steroid dienone is 4. The van der Waals surface area contributed by atoms with E-state index < -0.39 is 0 Å². The van der Waals surface area contributed by atoms with Gasteiger partial charge in [-0.3, -0.25) is 0 Å². The molecular formula is C27H44O. The molecule has 0 aromatic rings. The summed E-state index contributed by atoms with van der Waals surface area (Å²) in [6.07, 6.45) is 19.0. The zero-order valence-electron chi connectivity index (χ0n) is 19.1. The lowest BCUT2D eigenvalue weighted by atomic mass is 9.47. The van der Waals surface area contributed by atoms with Gasteiger partial charge < -0.3 is 5.11 Å². The molecule has 4 aliphatic rings. The van der Waals surface area contributed by atoms with Crippen molar-refractivity contribution in [2.75, 3.05) is 0 Å². The molecule has 0 bridgehead atoms. The summed E-state index contributed by atoms with van der Waals surface area (Å²) in [5, 5.41) is 10.2. The summed E-state index contributed by atoms with van der Waals surface area (Å²) < 4.78 is 0. The fraction of sp³-hybridized carbons (Fsp3) is 0.852. The molecule has 28 heavy (non-hydrogen) atoms. The van der Waals surface area contributed by atoms with Crippen LogP contribution in [0.4, 0.5) is 0 Å². The smallest absolute Gasteiger partial charge is 0.0543 e. The second kappa shape index (κ2) is 7.60. The maximum Gasteiger partial charge on any atom is 0.0543 e. The highest BCUT2D eigenvalue weighted by molar-refractivity contribution is 5.28. The number of aliphatic hydroxyl groups is 1. The Morgan fingerprint density at radius 3 is 2.50 bits per heavy atom. The van der Waals surface area contributed by atoms with Crippen LogP contribution in [-0.2, 0) is 0 Å². The molecule has 4 rings (SSSR count). The molecule has 0 radical (unpaired) electrons. The molecule has 0 aliphatic heterocycles. The minimum Gasteiger partial charge on any atom is -0.393 e. The van der Waals surface area contributed by atoms with Crippen LogP contribution >= 0.6 is 0 Å². The summed E-state index contributed by atoms with van der Waals surface area (Å²) in [5.41, 5.74) is 2.80. The number of rotatable bonds is 4. The lowest BCUT2D eigenvalue weighted by Gasteiger charge is -2.57. The molecule has 0 heterocycles. The van der Waals surface area contributed by atoms with E-state index in [1.54, 1.807) is 0 Å². The molecule has 0 saturated heterocycles. The topological polar surface area (TPSA) is 20.2 Å². The Morgan fingerprint density at radius 1 is 1.04 bits per heavy atom. The van der Waals surface area contributed by atoms with Gasteiger partial charge >= 0.3 is 0 Å². The largest absolute Gasteiger partial charge is 0.393 e. The fourth-order valence-electron chi connectivity index (χ4n) is 8.09. The van der Waals surface area contributed by atoms with Crippen LogP contribution in [0.2, 0.25) is 0 Å². The normalized spacial score (nSPS) is 46.8. The van der Waals surface area contributed by atoms with Gasteiger partial charge in [0.25, 0.3) is 0 Å². The Bertz CT molecular complexity index is 630. The lowest BCUT2D eigenvalue weighted by molar-refractivity contribution is -0.0414. The van der Waals surface area contributed by atoms with Gasteiger partial charge in [0.2, 0.25) is 0 Å². The van der Waals surface area contributed by atoms with Gasteiger partial charge in [-0.25, -0.2) is 0 Å². The molecule has 3 saturated carbocycles. The Morgan fingerprint density at radius 2 is 1.75 bits per heavy atom. The molecule has 1 heteroatoms. The van der Waals surface area contributed by atoms with Crippen molar-refractivity contribution in [2.45, 2.75) is 98.5 Å². The Kier molecular flexibility index (Phi) is 5.62. The van der Waals surface area contributed by atoms with Crippen molar-refractivity contribution in [3.63, 3.8) is 0 Å². The number of fused-ring (bicyclic) bond motifs is 5. The Balaban J connectivity index is 1.54. The summed E-state index contributed by atoms with van der Waals surface area (Å²) in [6.45, 7) is 12.3. The van der Waals surface area contributed by atoms with Crippen molar-refractivity contribution in [2.24, 2.45) is 46.3 Å². The van der Waals surface area contributed by atoms with Crippen LogP contribution in [0.1, 0.15) is 92.4 Å². The van der Waals surface area contributed by atoms with Gasteiger partial charge in [-0.2, -0.15) is 0 Å². The van der Waals surface area contributed by atoms with Gasteiger partial charge in [-0.15, -0.1) is 0 Å². The molecule has 0 unspecified atom stereocenters. The van der Waals surface area contributed by atoms with E-state index in [0.717, 1.165) is 36.5 Å². The molecule has 3 fully saturated rings. The highest BCUT2D eigenvalue weighted by atomic mass is 16.3. The van der Waals surface area contributed by atoms with Gasteiger partial charge in [0.15, 0.2) is 0 Å². The molecule has 0 spiro atoms. The first-order valence-corrected chi connectivity index (χ1v) is 12.3. The van der Waals surface area contributed by atoms with Crippen LogP contribution in [0, 0.1) is 46.3 Å². The highest BCUT2D eigenvalue weighted by Crippen LogP contribution is 2.66. The molecule has 158 valence electrons.